The van der Waals surface area contributed by atoms with Crippen LogP contribution in [0.1, 0.15) is 0 Å². The van der Waals surface area contributed by atoms with Crippen LogP contribution in [0.5, 0.6) is 0 Å². The Bertz CT molecular complexity index is 697. The molecule has 0 aromatic carbocycles. The minimum Gasteiger partial charge on any atom is -0.425 e. The van der Waals surface area contributed by atoms with Crippen LogP contribution in [-0.4, -0.2) is 56.1 Å². The van der Waals surface area contributed by atoms with Crippen molar-refractivity contribution in [3.8, 4) is 12.3 Å². The standard InChI is InChI=1S/C11H13BFN5O3/c1-2-11(4-19,21-12)6(20)3-18-5-15-7-8(14)16-10(13)17-9(7)18/h1,5-6,19-20H,3-4,12H2,(H2,14,16,17)/t6-,11+/m0/s1. The van der Waals surface area contributed by atoms with Crippen molar-refractivity contribution in [1.29, 1.82) is 0 Å². The topological polar surface area (TPSA) is 119 Å². The number of terminal acetylenes is 1. The molecule has 4 N–H and O–H groups in total. The van der Waals surface area contributed by atoms with E-state index in [1.165, 1.54) is 18.9 Å². The van der Waals surface area contributed by atoms with Crippen LogP contribution in [0.3, 0.4) is 0 Å². The molecule has 0 radical (unpaired) electrons. The molecule has 0 saturated carbocycles. The summed E-state index contributed by atoms with van der Waals surface area (Å²) in [5.74, 6) is 2.10. The van der Waals surface area contributed by atoms with Gasteiger partial charge in [-0.3, -0.25) is 0 Å². The molecular weight excluding hydrogens is 280 g/mol. The summed E-state index contributed by atoms with van der Waals surface area (Å²) in [5, 5.41) is 19.5. The average Bonchev–Trinajstić information content (AvgIpc) is 2.85. The molecule has 2 rings (SSSR count). The number of fused-ring (bicyclic) bond motifs is 1. The molecule has 0 unspecified atom stereocenters. The normalized spacial score (nSPS) is 15.5. The lowest BCUT2D eigenvalue weighted by Gasteiger charge is -2.30. The van der Waals surface area contributed by atoms with Gasteiger partial charge < -0.3 is 25.2 Å². The van der Waals surface area contributed by atoms with E-state index in [4.69, 9.17) is 16.8 Å². The van der Waals surface area contributed by atoms with Gasteiger partial charge in [-0.05, 0) is 0 Å². The van der Waals surface area contributed by atoms with Crippen molar-refractivity contribution in [2.24, 2.45) is 0 Å². The molecule has 8 nitrogen and oxygen atoms in total. The summed E-state index contributed by atoms with van der Waals surface area (Å²) in [6.07, 6.45) is 4.33. The lowest BCUT2D eigenvalue weighted by atomic mass is 9.97. The largest absolute Gasteiger partial charge is 0.425 e. The Kier molecular flexibility index (Phi) is 4.08. The number of hydrogen-bond acceptors (Lipinski definition) is 7. The third-order valence-corrected chi connectivity index (χ3v) is 3.21. The number of anilines is 1. The highest BCUT2D eigenvalue weighted by Crippen LogP contribution is 2.20. The number of hydrogen-bond donors (Lipinski definition) is 3. The predicted octanol–water partition coefficient (Wildman–Crippen LogP) is -2.16. The summed E-state index contributed by atoms with van der Waals surface area (Å²) in [4.78, 5) is 10.9. The highest BCUT2D eigenvalue weighted by atomic mass is 19.1. The summed E-state index contributed by atoms with van der Waals surface area (Å²) in [6, 6.07) is 0. The van der Waals surface area contributed by atoms with E-state index >= 15 is 0 Å². The molecule has 0 spiro atoms. The van der Waals surface area contributed by atoms with E-state index in [0.717, 1.165) is 0 Å². The number of rotatable bonds is 5. The van der Waals surface area contributed by atoms with Crippen LogP contribution in [0.25, 0.3) is 11.2 Å². The van der Waals surface area contributed by atoms with Gasteiger partial charge in [-0.25, -0.2) is 4.98 Å². The van der Waals surface area contributed by atoms with Gasteiger partial charge in [0.25, 0.3) is 8.05 Å². The molecule has 0 amide bonds. The van der Waals surface area contributed by atoms with Gasteiger partial charge in [0.2, 0.25) is 0 Å². The van der Waals surface area contributed by atoms with Crippen molar-refractivity contribution in [1.82, 2.24) is 19.5 Å². The zero-order valence-electron chi connectivity index (χ0n) is 11.2. The van der Waals surface area contributed by atoms with Crippen LogP contribution < -0.4 is 5.73 Å². The number of nitrogens with zero attached hydrogens (tertiary/aromatic N) is 4. The summed E-state index contributed by atoms with van der Waals surface area (Å²) in [5.41, 5.74) is 4.28. The fourth-order valence-electron chi connectivity index (χ4n) is 1.91. The molecule has 2 aromatic heterocycles. The molecule has 0 fully saturated rings. The molecule has 0 bridgehead atoms. The van der Waals surface area contributed by atoms with E-state index in [0.29, 0.717) is 0 Å². The second-order valence-corrected chi connectivity index (χ2v) is 4.36. The van der Waals surface area contributed by atoms with Crippen molar-refractivity contribution in [2.45, 2.75) is 18.2 Å². The molecule has 2 atom stereocenters. The zero-order valence-corrected chi connectivity index (χ0v) is 11.2. The Morgan fingerprint density at radius 3 is 2.90 bits per heavy atom. The van der Waals surface area contributed by atoms with Crippen LogP contribution in [0, 0.1) is 18.4 Å². The maximum Gasteiger partial charge on any atom is 0.312 e. The fourth-order valence-corrected chi connectivity index (χ4v) is 1.91. The minimum atomic E-state index is -1.58. The molecular formula is C11H13BFN5O3. The van der Waals surface area contributed by atoms with Gasteiger partial charge in [-0.1, -0.05) is 5.92 Å². The third kappa shape index (κ3) is 2.54. The number of aromatic nitrogens is 4. The lowest BCUT2D eigenvalue weighted by molar-refractivity contribution is -0.0489. The minimum absolute atomic E-state index is 0.108. The van der Waals surface area contributed by atoms with Gasteiger partial charge in [0.05, 0.1) is 19.5 Å². The first-order valence-corrected chi connectivity index (χ1v) is 5.93. The van der Waals surface area contributed by atoms with E-state index in [2.05, 4.69) is 20.9 Å². The van der Waals surface area contributed by atoms with Crippen LogP contribution in [0.4, 0.5) is 10.2 Å². The van der Waals surface area contributed by atoms with Crippen LogP contribution >= 0.6 is 0 Å². The lowest BCUT2D eigenvalue weighted by Crippen LogP contribution is -2.48. The van der Waals surface area contributed by atoms with E-state index in [9.17, 15) is 14.6 Å². The molecule has 2 heterocycles. The van der Waals surface area contributed by atoms with Gasteiger partial charge >= 0.3 is 6.08 Å². The number of imidazole rings is 1. The SMILES string of the molecule is BO[C@](C#C)(CO)[C@@H](O)Cn1cnc2c(N)nc(F)nc21. The van der Waals surface area contributed by atoms with Gasteiger partial charge in [-0.2, -0.15) is 14.4 Å². The quantitative estimate of drug-likeness (QED) is 0.326. The summed E-state index contributed by atoms with van der Waals surface area (Å²) >= 11 is 0. The van der Waals surface area contributed by atoms with Crippen LogP contribution in [0.15, 0.2) is 6.33 Å². The zero-order chi connectivity index (χ0) is 15.6. The number of aliphatic hydroxyl groups is 2. The molecule has 0 saturated heterocycles. The number of aliphatic hydroxyl groups excluding tert-OH is 2. The maximum absolute atomic E-state index is 13.2. The predicted molar refractivity (Wildman–Crippen MR) is 74.0 cm³/mol. The molecule has 10 heteroatoms. The fraction of sp³-hybridized carbons (Fsp3) is 0.364. The van der Waals surface area contributed by atoms with Crippen molar-refractivity contribution >= 4 is 25.0 Å². The first kappa shape index (κ1) is 15.2. The smallest absolute Gasteiger partial charge is 0.312 e. The van der Waals surface area contributed by atoms with Gasteiger partial charge in [0.1, 0.15) is 11.6 Å². The second kappa shape index (κ2) is 5.65. The van der Waals surface area contributed by atoms with Crippen LogP contribution in [-0.2, 0) is 11.2 Å². The second-order valence-electron chi connectivity index (χ2n) is 4.36. The Labute approximate surface area is 120 Å². The van der Waals surface area contributed by atoms with E-state index in [-0.39, 0.29) is 23.5 Å². The Morgan fingerprint density at radius 1 is 1.62 bits per heavy atom. The molecule has 21 heavy (non-hydrogen) atoms. The van der Waals surface area contributed by atoms with Crippen LogP contribution in [0.2, 0.25) is 0 Å². The highest BCUT2D eigenvalue weighted by molar-refractivity contribution is 5.98. The van der Waals surface area contributed by atoms with E-state index in [1.807, 2.05) is 0 Å². The molecule has 2 aromatic rings. The number of nitrogens with two attached hydrogens (primary N) is 1. The first-order valence-electron chi connectivity index (χ1n) is 5.93. The first-order chi connectivity index (χ1) is 9.97. The number of halogens is 1. The summed E-state index contributed by atoms with van der Waals surface area (Å²) < 4.78 is 19.6. The summed E-state index contributed by atoms with van der Waals surface area (Å²) in [7, 11) is 1.27. The highest BCUT2D eigenvalue weighted by Gasteiger charge is 2.35. The van der Waals surface area contributed by atoms with Crippen molar-refractivity contribution in [3.63, 3.8) is 0 Å². The van der Waals surface area contributed by atoms with Gasteiger partial charge in [-0.15, -0.1) is 6.42 Å². The number of nitrogen functional groups attached to an aromatic ring is 1. The van der Waals surface area contributed by atoms with E-state index < -0.39 is 24.4 Å². The maximum atomic E-state index is 13.2. The molecule has 110 valence electrons. The molecule has 0 aliphatic rings. The van der Waals surface area contributed by atoms with Crippen molar-refractivity contribution in [2.75, 3.05) is 12.3 Å². The summed E-state index contributed by atoms with van der Waals surface area (Å²) in [6.45, 7) is -0.704. The van der Waals surface area contributed by atoms with Gasteiger partial charge in [0, 0.05) is 0 Å². The Balaban J connectivity index is 2.39. The average molecular weight is 293 g/mol. The molecule has 0 aliphatic heterocycles. The third-order valence-electron chi connectivity index (χ3n) is 3.21. The van der Waals surface area contributed by atoms with Gasteiger partial charge in [0.15, 0.2) is 17.1 Å². The molecule has 0 aliphatic carbocycles. The van der Waals surface area contributed by atoms with Crippen molar-refractivity contribution < 1.29 is 19.3 Å². The monoisotopic (exact) mass is 293 g/mol. The van der Waals surface area contributed by atoms with Crippen molar-refractivity contribution in [3.05, 3.63) is 12.4 Å². The van der Waals surface area contributed by atoms with E-state index in [1.54, 1.807) is 0 Å². The Morgan fingerprint density at radius 2 is 2.33 bits per heavy atom. The Hall–Kier alpha value is -2.22.